The van der Waals surface area contributed by atoms with Crippen LogP contribution in [0.15, 0.2) is 35.5 Å². The summed E-state index contributed by atoms with van der Waals surface area (Å²) >= 11 is 1.65. The lowest BCUT2D eigenvalue weighted by Gasteiger charge is -2.13. The van der Waals surface area contributed by atoms with Crippen molar-refractivity contribution in [1.82, 2.24) is 14.5 Å². The zero-order valence-corrected chi connectivity index (χ0v) is 17.9. The third kappa shape index (κ3) is 4.02. The minimum absolute atomic E-state index is 0.0737. The van der Waals surface area contributed by atoms with E-state index < -0.39 is 0 Å². The number of anilines is 1. The third-order valence-corrected chi connectivity index (χ3v) is 6.46. The first-order chi connectivity index (χ1) is 14.1. The highest BCUT2D eigenvalue weighted by molar-refractivity contribution is 7.98. The van der Waals surface area contributed by atoms with E-state index in [9.17, 15) is 4.79 Å². The zero-order valence-electron chi connectivity index (χ0n) is 17.1. The molecule has 1 N–H and O–H groups in total. The van der Waals surface area contributed by atoms with Crippen molar-refractivity contribution in [1.29, 1.82) is 0 Å². The molecule has 1 amide bonds. The van der Waals surface area contributed by atoms with Gasteiger partial charge in [0.1, 0.15) is 17.8 Å². The highest BCUT2D eigenvalue weighted by Gasteiger charge is 2.22. The highest BCUT2D eigenvalue weighted by atomic mass is 32.2. The van der Waals surface area contributed by atoms with Gasteiger partial charge < -0.3 is 14.6 Å². The number of ether oxygens (including phenoxy) is 1. The van der Waals surface area contributed by atoms with Gasteiger partial charge in [0.05, 0.1) is 24.5 Å². The van der Waals surface area contributed by atoms with Gasteiger partial charge in [0, 0.05) is 17.2 Å². The molecule has 1 aliphatic rings. The van der Waals surface area contributed by atoms with E-state index in [1.807, 2.05) is 30.5 Å². The summed E-state index contributed by atoms with van der Waals surface area (Å²) in [6.07, 6.45) is 6.26. The quantitative estimate of drug-likeness (QED) is 0.619. The van der Waals surface area contributed by atoms with Crippen LogP contribution in [0.3, 0.4) is 0 Å². The van der Waals surface area contributed by atoms with Gasteiger partial charge in [-0.3, -0.25) is 4.79 Å². The number of nitrogens with zero attached hydrogens (tertiary/aromatic N) is 3. The van der Waals surface area contributed by atoms with Crippen LogP contribution in [0.1, 0.15) is 29.7 Å². The normalized spacial score (nSPS) is 16.4. The summed E-state index contributed by atoms with van der Waals surface area (Å²) in [6.45, 7) is 5.76. The molecule has 7 heteroatoms. The van der Waals surface area contributed by atoms with Crippen LogP contribution in [0.25, 0.3) is 11.0 Å². The second-order valence-corrected chi connectivity index (χ2v) is 8.26. The standard InChI is InChI=1S/C22H26N4O2S/c1-14-15(2)26(12-17-8-6-10-28-17)22-20(14)21(23-13-24-22)25-19(27)11-16-7-4-5-9-18(16)29-3/h4-5,7,9,13,17H,6,8,10-12H2,1-3H3,(H,23,24,25,27)/t17-/m1/s1. The molecule has 0 unspecified atom stereocenters. The number of thioether (sulfide) groups is 1. The molecule has 1 fully saturated rings. The van der Waals surface area contributed by atoms with Crippen LogP contribution in [0.5, 0.6) is 0 Å². The number of aromatic nitrogens is 3. The lowest BCUT2D eigenvalue weighted by atomic mass is 10.1. The molecule has 29 heavy (non-hydrogen) atoms. The number of carbonyl (C=O) groups is 1. The first-order valence-electron chi connectivity index (χ1n) is 9.92. The molecular weight excluding hydrogens is 384 g/mol. The largest absolute Gasteiger partial charge is 0.376 e. The Morgan fingerprint density at radius 1 is 1.31 bits per heavy atom. The number of nitrogens with one attached hydrogen (secondary N) is 1. The Labute approximate surface area is 175 Å². The molecule has 1 atom stereocenters. The maximum absolute atomic E-state index is 12.8. The van der Waals surface area contributed by atoms with Gasteiger partial charge in [-0.15, -0.1) is 11.8 Å². The number of benzene rings is 1. The van der Waals surface area contributed by atoms with Crippen molar-refractivity contribution in [2.45, 2.75) is 50.7 Å². The molecule has 0 aliphatic carbocycles. The molecule has 0 spiro atoms. The second-order valence-electron chi connectivity index (χ2n) is 7.41. The van der Waals surface area contributed by atoms with Gasteiger partial charge in [0.25, 0.3) is 0 Å². The Bertz CT molecular complexity index is 1040. The van der Waals surface area contributed by atoms with Crippen LogP contribution >= 0.6 is 11.8 Å². The van der Waals surface area contributed by atoms with E-state index in [0.29, 0.717) is 12.2 Å². The van der Waals surface area contributed by atoms with Gasteiger partial charge in [-0.25, -0.2) is 9.97 Å². The molecule has 6 nitrogen and oxygen atoms in total. The monoisotopic (exact) mass is 410 g/mol. The average molecular weight is 411 g/mol. The van der Waals surface area contributed by atoms with Crippen LogP contribution < -0.4 is 5.32 Å². The molecule has 3 heterocycles. The van der Waals surface area contributed by atoms with E-state index in [2.05, 4.69) is 33.7 Å². The van der Waals surface area contributed by atoms with Crippen LogP contribution in [0, 0.1) is 13.8 Å². The van der Waals surface area contributed by atoms with Crippen LogP contribution in [-0.2, 0) is 22.5 Å². The van der Waals surface area contributed by atoms with E-state index in [1.54, 1.807) is 11.8 Å². The Morgan fingerprint density at radius 3 is 2.90 bits per heavy atom. The third-order valence-electron chi connectivity index (χ3n) is 5.62. The first-order valence-corrected chi connectivity index (χ1v) is 11.1. The van der Waals surface area contributed by atoms with Crippen LogP contribution in [0.4, 0.5) is 5.82 Å². The molecule has 0 saturated carbocycles. The van der Waals surface area contributed by atoms with Gasteiger partial charge in [-0.1, -0.05) is 18.2 Å². The molecule has 1 aromatic carbocycles. The van der Waals surface area contributed by atoms with Crippen molar-refractivity contribution in [3.8, 4) is 0 Å². The zero-order chi connectivity index (χ0) is 20.4. The topological polar surface area (TPSA) is 69.0 Å². The lowest BCUT2D eigenvalue weighted by Crippen LogP contribution is -2.17. The first kappa shape index (κ1) is 19.9. The molecule has 152 valence electrons. The van der Waals surface area contributed by atoms with E-state index in [4.69, 9.17) is 4.74 Å². The van der Waals surface area contributed by atoms with Crippen molar-refractivity contribution in [3.05, 3.63) is 47.4 Å². The molecular formula is C22H26N4O2S. The summed E-state index contributed by atoms with van der Waals surface area (Å²) in [5.41, 5.74) is 4.11. The van der Waals surface area contributed by atoms with Crippen molar-refractivity contribution >= 4 is 34.5 Å². The Morgan fingerprint density at radius 2 is 2.14 bits per heavy atom. The smallest absolute Gasteiger partial charge is 0.230 e. The van der Waals surface area contributed by atoms with Crippen molar-refractivity contribution in [3.63, 3.8) is 0 Å². The minimum atomic E-state index is -0.0737. The molecule has 3 aromatic rings. The van der Waals surface area contributed by atoms with Crippen molar-refractivity contribution in [2.75, 3.05) is 18.2 Å². The van der Waals surface area contributed by atoms with Gasteiger partial charge >= 0.3 is 0 Å². The fraction of sp³-hybridized carbons (Fsp3) is 0.409. The molecule has 0 bridgehead atoms. The minimum Gasteiger partial charge on any atom is -0.376 e. The van der Waals surface area contributed by atoms with Gasteiger partial charge in [0.2, 0.25) is 5.91 Å². The highest BCUT2D eigenvalue weighted by Crippen LogP contribution is 2.30. The number of hydrogen-bond acceptors (Lipinski definition) is 5. The van der Waals surface area contributed by atoms with E-state index in [-0.39, 0.29) is 12.0 Å². The van der Waals surface area contributed by atoms with Crippen LogP contribution in [0.2, 0.25) is 0 Å². The predicted octanol–water partition coefficient (Wildman–Crippen LogP) is 4.13. The van der Waals surface area contributed by atoms with Gasteiger partial charge in [-0.05, 0) is 50.1 Å². The fourth-order valence-corrected chi connectivity index (χ4v) is 4.59. The number of rotatable bonds is 6. The van der Waals surface area contributed by atoms with Crippen LogP contribution in [-0.4, -0.2) is 39.4 Å². The van der Waals surface area contributed by atoms with E-state index in [1.165, 1.54) is 6.33 Å². The average Bonchev–Trinajstić information content (AvgIpc) is 3.32. The second kappa shape index (κ2) is 8.55. The summed E-state index contributed by atoms with van der Waals surface area (Å²) in [7, 11) is 0. The van der Waals surface area contributed by atoms with E-state index >= 15 is 0 Å². The maximum Gasteiger partial charge on any atom is 0.230 e. The van der Waals surface area contributed by atoms with Gasteiger partial charge in [-0.2, -0.15) is 0 Å². The van der Waals surface area contributed by atoms with Gasteiger partial charge in [0.15, 0.2) is 0 Å². The van der Waals surface area contributed by atoms with Crippen molar-refractivity contribution < 1.29 is 9.53 Å². The summed E-state index contributed by atoms with van der Waals surface area (Å²) in [4.78, 5) is 22.8. The Balaban J connectivity index is 1.61. The number of aryl methyl sites for hydroxylation is 1. The predicted molar refractivity (Wildman–Crippen MR) is 117 cm³/mol. The maximum atomic E-state index is 12.8. The lowest BCUT2D eigenvalue weighted by molar-refractivity contribution is -0.115. The molecule has 0 radical (unpaired) electrons. The van der Waals surface area contributed by atoms with E-state index in [0.717, 1.165) is 58.7 Å². The number of carbonyl (C=O) groups excluding carboxylic acids is 1. The number of fused-ring (bicyclic) bond motifs is 1. The summed E-state index contributed by atoms with van der Waals surface area (Å²) in [5.74, 6) is 0.503. The summed E-state index contributed by atoms with van der Waals surface area (Å²) < 4.78 is 8.01. The summed E-state index contributed by atoms with van der Waals surface area (Å²) in [5, 5.41) is 3.93. The Hall–Kier alpha value is -2.38. The van der Waals surface area contributed by atoms with Crippen molar-refractivity contribution in [2.24, 2.45) is 0 Å². The number of hydrogen-bond donors (Lipinski definition) is 1. The summed E-state index contributed by atoms with van der Waals surface area (Å²) in [6, 6.07) is 7.98. The Kier molecular flexibility index (Phi) is 5.87. The fourth-order valence-electron chi connectivity index (χ4n) is 3.98. The molecule has 4 rings (SSSR count). The SMILES string of the molecule is CSc1ccccc1CC(=O)Nc1ncnc2c1c(C)c(C)n2C[C@H]1CCCO1. The molecule has 1 saturated heterocycles. The number of amides is 1. The molecule has 1 aliphatic heterocycles. The molecule has 2 aromatic heterocycles.